The van der Waals surface area contributed by atoms with Crippen molar-refractivity contribution in [2.24, 2.45) is 5.92 Å². The van der Waals surface area contributed by atoms with Gasteiger partial charge in [-0.3, -0.25) is 14.9 Å². The summed E-state index contributed by atoms with van der Waals surface area (Å²) >= 11 is 0. The highest BCUT2D eigenvalue weighted by Crippen LogP contribution is 2.31. The molecule has 0 aromatic heterocycles. The molecule has 0 saturated heterocycles. The van der Waals surface area contributed by atoms with Gasteiger partial charge in [-0.1, -0.05) is 19.8 Å². The highest BCUT2D eigenvalue weighted by atomic mass is 16.6. The molecule has 0 spiro atoms. The van der Waals surface area contributed by atoms with Gasteiger partial charge in [0, 0.05) is 12.1 Å². The van der Waals surface area contributed by atoms with Gasteiger partial charge in [-0.2, -0.15) is 0 Å². The number of carbonyl (C=O) groups excluding carboxylic acids is 1. The largest absolute Gasteiger partial charge is 0.493 e. The summed E-state index contributed by atoms with van der Waals surface area (Å²) in [7, 11) is 1.44. The van der Waals surface area contributed by atoms with Crippen LogP contribution in [-0.4, -0.2) is 30.6 Å². The van der Waals surface area contributed by atoms with Crippen molar-refractivity contribution in [3.8, 4) is 11.5 Å². The molecule has 126 valence electrons. The van der Waals surface area contributed by atoms with Crippen LogP contribution in [0.2, 0.25) is 0 Å². The van der Waals surface area contributed by atoms with Crippen molar-refractivity contribution in [2.75, 3.05) is 13.7 Å². The Morgan fingerprint density at radius 2 is 2.09 bits per heavy atom. The van der Waals surface area contributed by atoms with E-state index >= 15 is 0 Å². The molecule has 0 heterocycles. The van der Waals surface area contributed by atoms with E-state index in [-0.39, 0.29) is 30.0 Å². The normalized spacial score (nSPS) is 20.6. The highest BCUT2D eigenvalue weighted by molar-refractivity contribution is 5.78. The minimum absolute atomic E-state index is 0.109. The summed E-state index contributed by atoms with van der Waals surface area (Å²) < 4.78 is 10.5. The topological polar surface area (TPSA) is 90.7 Å². The number of amides is 1. The summed E-state index contributed by atoms with van der Waals surface area (Å²) in [6.07, 6.45) is 4.42. The number of nitrogens with one attached hydrogen (secondary N) is 1. The number of hydrogen-bond acceptors (Lipinski definition) is 5. The average molecular weight is 322 g/mol. The molecule has 2 atom stereocenters. The molecule has 1 aromatic rings. The Morgan fingerprint density at radius 1 is 1.35 bits per heavy atom. The summed E-state index contributed by atoms with van der Waals surface area (Å²) in [5.74, 6) is 0.778. The predicted octanol–water partition coefficient (Wildman–Crippen LogP) is 2.68. The lowest BCUT2D eigenvalue weighted by atomic mass is 9.86. The molecule has 7 heteroatoms. The molecule has 1 aliphatic carbocycles. The fraction of sp³-hybridized carbons (Fsp3) is 0.562. The van der Waals surface area contributed by atoms with Gasteiger partial charge in [0.15, 0.2) is 18.1 Å². The zero-order valence-corrected chi connectivity index (χ0v) is 13.4. The van der Waals surface area contributed by atoms with E-state index in [1.54, 1.807) is 0 Å². The van der Waals surface area contributed by atoms with Crippen LogP contribution < -0.4 is 14.8 Å². The molecule has 1 N–H and O–H groups in total. The third kappa shape index (κ3) is 4.58. The van der Waals surface area contributed by atoms with Crippen molar-refractivity contribution >= 4 is 11.6 Å². The van der Waals surface area contributed by atoms with E-state index in [9.17, 15) is 14.9 Å². The number of nitrogens with zero attached hydrogens (tertiary/aromatic N) is 1. The Labute approximate surface area is 135 Å². The van der Waals surface area contributed by atoms with Crippen LogP contribution in [0, 0.1) is 16.0 Å². The van der Waals surface area contributed by atoms with Crippen LogP contribution in [0.15, 0.2) is 18.2 Å². The van der Waals surface area contributed by atoms with E-state index in [2.05, 4.69) is 12.2 Å². The van der Waals surface area contributed by atoms with E-state index in [1.165, 1.54) is 31.7 Å². The molecule has 1 saturated carbocycles. The van der Waals surface area contributed by atoms with E-state index in [0.29, 0.717) is 11.7 Å². The molecule has 7 nitrogen and oxygen atoms in total. The first kappa shape index (κ1) is 17.1. The molecule has 1 fully saturated rings. The Balaban J connectivity index is 1.95. The van der Waals surface area contributed by atoms with Gasteiger partial charge in [-0.05, 0) is 24.8 Å². The monoisotopic (exact) mass is 322 g/mol. The number of benzene rings is 1. The van der Waals surface area contributed by atoms with Crippen molar-refractivity contribution in [3.05, 3.63) is 28.3 Å². The summed E-state index contributed by atoms with van der Waals surface area (Å²) in [4.78, 5) is 22.3. The number of non-ortho nitro benzene ring substituents is 1. The van der Waals surface area contributed by atoms with Crippen LogP contribution in [0.25, 0.3) is 0 Å². The number of carbonyl (C=O) groups is 1. The van der Waals surface area contributed by atoms with Crippen molar-refractivity contribution < 1.29 is 19.2 Å². The van der Waals surface area contributed by atoms with Crippen LogP contribution in [0.3, 0.4) is 0 Å². The second-order valence-corrected chi connectivity index (χ2v) is 5.82. The van der Waals surface area contributed by atoms with Gasteiger partial charge in [-0.25, -0.2) is 0 Å². The van der Waals surface area contributed by atoms with Gasteiger partial charge >= 0.3 is 0 Å². The lowest BCUT2D eigenvalue weighted by Crippen LogP contribution is -2.43. The van der Waals surface area contributed by atoms with Crippen LogP contribution in [-0.2, 0) is 4.79 Å². The molecular weight excluding hydrogens is 300 g/mol. The lowest BCUT2D eigenvalue weighted by Gasteiger charge is -2.29. The quantitative estimate of drug-likeness (QED) is 0.642. The molecule has 0 aliphatic heterocycles. The van der Waals surface area contributed by atoms with Crippen LogP contribution in [0.5, 0.6) is 11.5 Å². The van der Waals surface area contributed by atoms with Crippen LogP contribution in [0.4, 0.5) is 5.69 Å². The highest BCUT2D eigenvalue weighted by Gasteiger charge is 2.23. The minimum atomic E-state index is -0.518. The SMILES string of the molecule is COc1ccc([N+](=O)[O-])cc1OCC(=O)N[C@@H]1CCCC[C@H]1C. The summed E-state index contributed by atoms with van der Waals surface area (Å²) in [5, 5.41) is 13.8. The molecular formula is C16H22N2O5. The number of nitro benzene ring substituents is 1. The zero-order chi connectivity index (χ0) is 16.8. The fourth-order valence-corrected chi connectivity index (χ4v) is 2.81. The number of methoxy groups -OCH3 is 1. The van der Waals surface area contributed by atoms with Gasteiger partial charge in [0.1, 0.15) is 0 Å². The van der Waals surface area contributed by atoms with E-state index in [1.807, 2.05) is 0 Å². The molecule has 0 unspecified atom stereocenters. The summed E-state index contributed by atoms with van der Waals surface area (Å²) in [5.41, 5.74) is -0.109. The Bertz CT molecular complexity index is 576. The molecule has 2 rings (SSSR count). The third-order valence-corrected chi connectivity index (χ3v) is 4.17. The smallest absolute Gasteiger partial charge is 0.273 e. The maximum absolute atomic E-state index is 12.0. The van der Waals surface area contributed by atoms with Crippen LogP contribution >= 0.6 is 0 Å². The molecule has 1 aliphatic rings. The van der Waals surface area contributed by atoms with Gasteiger partial charge in [0.25, 0.3) is 11.6 Å². The molecule has 0 bridgehead atoms. The number of rotatable bonds is 6. The first-order valence-corrected chi connectivity index (χ1v) is 7.76. The van der Waals surface area contributed by atoms with E-state index in [4.69, 9.17) is 9.47 Å². The second-order valence-electron chi connectivity index (χ2n) is 5.82. The fourth-order valence-electron chi connectivity index (χ4n) is 2.81. The number of nitro groups is 1. The molecule has 1 aromatic carbocycles. The Morgan fingerprint density at radius 3 is 2.74 bits per heavy atom. The summed E-state index contributed by atoms with van der Waals surface area (Å²) in [6, 6.07) is 4.21. The summed E-state index contributed by atoms with van der Waals surface area (Å²) in [6.45, 7) is 1.94. The minimum Gasteiger partial charge on any atom is -0.493 e. The van der Waals surface area contributed by atoms with Crippen molar-refractivity contribution in [2.45, 2.75) is 38.6 Å². The van der Waals surface area contributed by atoms with Gasteiger partial charge in [0.2, 0.25) is 0 Å². The maximum atomic E-state index is 12.0. The van der Waals surface area contributed by atoms with Crippen molar-refractivity contribution in [1.82, 2.24) is 5.32 Å². The first-order chi connectivity index (χ1) is 11.0. The van der Waals surface area contributed by atoms with Crippen molar-refractivity contribution in [3.63, 3.8) is 0 Å². The van der Waals surface area contributed by atoms with E-state index in [0.717, 1.165) is 19.3 Å². The standard InChI is InChI=1S/C16H22N2O5/c1-11-5-3-4-6-13(11)17-16(19)10-23-15-9-12(18(20)21)7-8-14(15)22-2/h7-9,11,13H,3-6,10H2,1-2H3,(H,17,19)/t11-,13-/m1/s1. The predicted molar refractivity (Wildman–Crippen MR) is 84.7 cm³/mol. The molecule has 0 radical (unpaired) electrons. The first-order valence-electron chi connectivity index (χ1n) is 7.76. The van der Waals surface area contributed by atoms with Gasteiger partial charge < -0.3 is 14.8 Å². The Kier molecular flexibility index (Phi) is 5.78. The average Bonchev–Trinajstić information content (AvgIpc) is 2.54. The molecule has 23 heavy (non-hydrogen) atoms. The third-order valence-electron chi connectivity index (χ3n) is 4.17. The Hall–Kier alpha value is -2.31. The van der Waals surface area contributed by atoms with Gasteiger partial charge in [0.05, 0.1) is 18.1 Å². The van der Waals surface area contributed by atoms with Gasteiger partial charge in [-0.15, -0.1) is 0 Å². The maximum Gasteiger partial charge on any atom is 0.273 e. The van der Waals surface area contributed by atoms with Crippen LogP contribution in [0.1, 0.15) is 32.6 Å². The van der Waals surface area contributed by atoms with E-state index < -0.39 is 4.92 Å². The zero-order valence-electron chi connectivity index (χ0n) is 13.4. The lowest BCUT2D eigenvalue weighted by molar-refractivity contribution is -0.385. The van der Waals surface area contributed by atoms with Crippen molar-refractivity contribution in [1.29, 1.82) is 0 Å². The second kappa shape index (κ2) is 7.80. The number of ether oxygens (including phenoxy) is 2. The molecule has 1 amide bonds. The number of hydrogen-bond donors (Lipinski definition) is 1.